The van der Waals surface area contributed by atoms with E-state index in [1.807, 2.05) is 0 Å². The maximum atomic E-state index is 2.28. The summed E-state index contributed by atoms with van der Waals surface area (Å²) in [5.41, 5.74) is 0. The molecule has 0 atom stereocenters. The van der Waals surface area contributed by atoms with Gasteiger partial charge in [0.1, 0.15) is 0 Å². The van der Waals surface area contributed by atoms with Gasteiger partial charge in [-0.3, -0.25) is 0 Å². The van der Waals surface area contributed by atoms with Gasteiger partial charge in [-0.1, -0.05) is 70.4 Å². The van der Waals surface area contributed by atoms with E-state index in [1.165, 1.54) is 64.2 Å². The van der Waals surface area contributed by atoms with E-state index < -0.39 is 0 Å². The van der Waals surface area contributed by atoms with Crippen molar-refractivity contribution < 1.29 is 19.5 Å². The molecule has 15 heavy (non-hydrogen) atoms. The minimum atomic E-state index is 0. The Morgan fingerprint density at radius 3 is 1.67 bits per heavy atom. The van der Waals surface area contributed by atoms with Crippen molar-refractivity contribution in [2.75, 3.05) is 0 Å². The maximum absolute atomic E-state index is 2.28. The van der Waals surface area contributed by atoms with Crippen molar-refractivity contribution in [2.45, 2.75) is 78.1 Å². The van der Waals surface area contributed by atoms with E-state index in [-0.39, 0.29) is 19.5 Å². The first-order chi connectivity index (χ1) is 6.91. The minimum absolute atomic E-state index is 0. The fourth-order valence-electron chi connectivity index (χ4n) is 1.74. The summed E-state index contributed by atoms with van der Waals surface area (Å²) < 4.78 is 0. The number of allylic oxidation sites excluding steroid dienone is 2. The summed E-state index contributed by atoms with van der Waals surface area (Å²) in [6.45, 7) is 4.38. The Labute approximate surface area is 110 Å². The molecule has 0 aromatic heterocycles. The standard InChI is InChI=1S/C14H28.Zn/c1-3-5-7-9-11-13-14-12-10-8-6-4-2;/h3,5H,4,6-14H2,1-2H3;. The van der Waals surface area contributed by atoms with Gasteiger partial charge in [0.25, 0.3) is 0 Å². The quantitative estimate of drug-likeness (QED) is 0.277. The molecule has 0 aliphatic heterocycles. The third-order valence-electron chi connectivity index (χ3n) is 2.71. The number of hydrogen-bond acceptors (Lipinski definition) is 0. The van der Waals surface area contributed by atoms with Crippen LogP contribution in [0.1, 0.15) is 78.1 Å². The fourth-order valence-corrected chi connectivity index (χ4v) is 1.74. The van der Waals surface area contributed by atoms with Gasteiger partial charge in [0.05, 0.1) is 0 Å². The first kappa shape index (κ1) is 17.7. The van der Waals surface area contributed by atoms with Crippen molar-refractivity contribution >= 4 is 0 Å². The van der Waals surface area contributed by atoms with Crippen molar-refractivity contribution in [3.8, 4) is 0 Å². The van der Waals surface area contributed by atoms with Crippen LogP contribution in [0.15, 0.2) is 12.2 Å². The molecule has 0 aromatic carbocycles. The Bertz CT molecular complexity index is 119. The first-order valence-corrected chi connectivity index (χ1v) is 6.53. The molecular formula is C14H28Zn. The Hall–Kier alpha value is 0.363. The summed E-state index contributed by atoms with van der Waals surface area (Å²) in [6, 6.07) is 0. The molecule has 0 N–H and O–H groups in total. The van der Waals surface area contributed by atoms with Gasteiger partial charge >= 0.3 is 0 Å². The molecule has 0 saturated carbocycles. The second-order valence-corrected chi connectivity index (χ2v) is 4.19. The van der Waals surface area contributed by atoms with E-state index in [9.17, 15) is 0 Å². The van der Waals surface area contributed by atoms with E-state index in [1.54, 1.807) is 0 Å². The third kappa shape index (κ3) is 17.0. The van der Waals surface area contributed by atoms with E-state index in [0.717, 1.165) is 0 Å². The summed E-state index contributed by atoms with van der Waals surface area (Å²) >= 11 is 0. The molecule has 1 heteroatoms. The molecule has 86 valence electrons. The monoisotopic (exact) mass is 260 g/mol. The molecule has 0 aromatic rings. The van der Waals surface area contributed by atoms with Gasteiger partial charge in [-0.2, -0.15) is 0 Å². The second-order valence-electron chi connectivity index (χ2n) is 4.19. The molecule has 0 aliphatic carbocycles. The molecule has 0 rings (SSSR count). The van der Waals surface area contributed by atoms with Crippen LogP contribution in [0, 0.1) is 0 Å². The van der Waals surface area contributed by atoms with Crippen LogP contribution in [0.2, 0.25) is 0 Å². The van der Waals surface area contributed by atoms with Gasteiger partial charge in [-0.05, 0) is 19.8 Å². The van der Waals surface area contributed by atoms with Gasteiger partial charge in [-0.15, -0.1) is 0 Å². The Balaban J connectivity index is 0. The molecule has 0 amide bonds. The second kappa shape index (κ2) is 16.8. The molecule has 0 radical (unpaired) electrons. The number of hydrogen-bond donors (Lipinski definition) is 0. The smallest absolute Gasteiger partial charge is 0 e. The van der Waals surface area contributed by atoms with Crippen LogP contribution in [0.3, 0.4) is 0 Å². The van der Waals surface area contributed by atoms with E-state index in [4.69, 9.17) is 0 Å². The predicted octanol–water partition coefficient (Wildman–Crippen LogP) is 5.48. The number of unbranched alkanes of at least 4 members (excludes halogenated alkanes) is 9. The Morgan fingerprint density at radius 1 is 0.733 bits per heavy atom. The van der Waals surface area contributed by atoms with Crippen LogP contribution in [0.25, 0.3) is 0 Å². The minimum Gasteiger partial charge on any atom is -0.0917 e. The van der Waals surface area contributed by atoms with E-state index in [2.05, 4.69) is 26.0 Å². The zero-order valence-corrected chi connectivity index (χ0v) is 13.9. The van der Waals surface area contributed by atoms with Crippen molar-refractivity contribution in [2.24, 2.45) is 0 Å². The zero-order chi connectivity index (χ0) is 10.5. The summed E-state index contributed by atoms with van der Waals surface area (Å²) in [5, 5.41) is 0. The first-order valence-electron chi connectivity index (χ1n) is 6.53. The summed E-state index contributed by atoms with van der Waals surface area (Å²) in [7, 11) is 0. The molecule has 0 unspecified atom stereocenters. The molecule has 0 heterocycles. The summed E-state index contributed by atoms with van der Waals surface area (Å²) in [5.74, 6) is 0. The van der Waals surface area contributed by atoms with Crippen LogP contribution in [0.4, 0.5) is 0 Å². The van der Waals surface area contributed by atoms with Gasteiger partial charge in [0.2, 0.25) is 0 Å². The Kier molecular flexibility index (Phi) is 19.9. The van der Waals surface area contributed by atoms with Crippen LogP contribution in [-0.4, -0.2) is 0 Å². The number of rotatable bonds is 10. The molecule has 0 nitrogen and oxygen atoms in total. The Morgan fingerprint density at radius 2 is 1.20 bits per heavy atom. The summed E-state index contributed by atoms with van der Waals surface area (Å²) in [6.07, 6.45) is 18.6. The van der Waals surface area contributed by atoms with Gasteiger partial charge in [0.15, 0.2) is 0 Å². The molecular weight excluding hydrogens is 234 g/mol. The van der Waals surface area contributed by atoms with Gasteiger partial charge in [0, 0.05) is 19.5 Å². The van der Waals surface area contributed by atoms with Gasteiger partial charge in [-0.25, -0.2) is 0 Å². The molecule has 0 saturated heterocycles. The third-order valence-corrected chi connectivity index (χ3v) is 2.71. The average Bonchev–Trinajstić information content (AvgIpc) is 2.21. The predicted molar refractivity (Wildman–Crippen MR) is 66.7 cm³/mol. The van der Waals surface area contributed by atoms with Crippen molar-refractivity contribution in [3.63, 3.8) is 0 Å². The van der Waals surface area contributed by atoms with Crippen molar-refractivity contribution in [1.82, 2.24) is 0 Å². The molecule has 0 aliphatic rings. The van der Waals surface area contributed by atoms with Gasteiger partial charge < -0.3 is 0 Å². The van der Waals surface area contributed by atoms with Crippen LogP contribution < -0.4 is 0 Å². The largest absolute Gasteiger partial charge is 0.0917 e. The van der Waals surface area contributed by atoms with E-state index >= 15 is 0 Å². The SMILES string of the molecule is CC=CCCCCCCCCCCC.[Zn]. The van der Waals surface area contributed by atoms with Crippen LogP contribution in [0.5, 0.6) is 0 Å². The van der Waals surface area contributed by atoms with Crippen molar-refractivity contribution in [1.29, 1.82) is 0 Å². The molecule has 0 bridgehead atoms. The van der Waals surface area contributed by atoms with Crippen molar-refractivity contribution in [3.05, 3.63) is 12.2 Å². The summed E-state index contributed by atoms with van der Waals surface area (Å²) in [4.78, 5) is 0. The maximum Gasteiger partial charge on any atom is 0 e. The normalized spacial score (nSPS) is 10.5. The topological polar surface area (TPSA) is 0 Å². The average molecular weight is 262 g/mol. The van der Waals surface area contributed by atoms with Crippen LogP contribution >= 0.6 is 0 Å². The molecule has 0 spiro atoms. The van der Waals surface area contributed by atoms with E-state index in [0.29, 0.717) is 0 Å². The zero-order valence-electron chi connectivity index (χ0n) is 10.9. The molecule has 0 fully saturated rings. The fraction of sp³-hybridized carbons (Fsp3) is 0.857. The van der Waals surface area contributed by atoms with Crippen LogP contribution in [-0.2, 0) is 19.5 Å².